The number of benzene rings is 1. The predicted molar refractivity (Wildman–Crippen MR) is 75.8 cm³/mol. The van der Waals surface area contributed by atoms with Crippen molar-refractivity contribution in [2.45, 2.75) is 24.7 Å². The van der Waals surface area contributed by atoms with E-state index in [1.807, 2.05) is 6.92 Å². The average Bonchev–Trinajstić information content (AvgIpc) is 2.32. The van der Waals surface area contributed by atoms with Crippen molar-refractivity contribution in [2.24, 2.45) is 0 Å². The zero-order chi connectivity index (χ0) is 14.5. The van der Waals surface area contributed by atoms with E-state index in [0.717, 1.165) is 12.8 Å². The van der Waals surface area contributed by atoms with E-state index < -0.39 is 21.5 Å². The molecule has 0 radical (unpaired) electrons. The number of sulfone groups is 1. The molecule has 0 unspecified atom stereocenters. The second-order valence-electron chi connectivity index (χ2n) is 4.15. The molecule has 0 aliphatic heterocycles. The van der Waals surface area contributed by atoms with Gasteiger partial charge in [-0.15, -0.1) is 0 Å². The van der Waals surface area contributed by atoms with Gasteiger partial charge in [0.25, 0.3) is 0 Å². The topological polar surface area (TPSA) is 89.3 Å². The Morgan fingerprint density at radius 1 is 1.42 bits per heavy atom. The van der Waals surface area contributed by atoms with Crippen LogP contribution in [0.4, 0.5) is 5.69 Å². The standard InChI is InChI=1S/C12H17ClN2O3S/c1-2-3-6-15-12(16)8-19(17,18)11-7-9(14)4-5-10(11)13/h4-5,7H,2-3,6,8,14H2,1H3,(H,15,16). The van der Waals surface area contributed by atoms with Gasteiger partial charge in [-0.3, -0.25) is 4.79 Å². The minimum absolute atomic E-state index is 0.0653. The molecule has 5 nitrogen and oxygen atoms in total. The van der Waals surface area contributed by atoms with E-state index in [1.165, 1.54) is 18.2 Å². The SMILES string of the molecule is CCCCNC(=O)CS(=O)(=O)c1cc(N)ccc1Cl. The summed E-state index contributed by atoms with van der Waals surface area (Å²) in [6, 6.07) is 4.17. The Morgan fingerprint density at radius 3 is 2.74 bits per heavy atom. The van der Waals surface area contributed by atoms with Crippen molar-refractivity contribution in [3.05, 3.63) is 23.2 Å². The molecule has 0 aliphatic carbocycles. The summed E-state index contributed by atoms with van der Waals surface area (Å²) in [6.45, 7) is 2.45. The maximum absolute atomic E-state index is 12.0. The molecule has 1 aromatic rings. The summed E-state index contributed by atoms with van der Waals surface area (Å²) in [4.78, 5) is 11.4. The van der Waals surface area contributed by atoms with E-state index in [2.05, 4.69) is 5.32 Å². The van der Waals surface area contributed by atoms with Crippen LogP contribution in [-0.2, 0) is 14.6 Å². The first-order chi connectivity index (χ1) is 8.86. The minimum Gasteiger partial charge on any atom is -0.399 e. The Morgan fingerprint density at radius 2 is 2.11 bits per heavy atom. The monoisotopic (exact) mass is 304 g/mol. The summed E-state index contributed by atoms with van der Waals surface area (Å²) in [7, 11) is -3.77. The molecule has 0 aromatic heterocycles. The summed E-state index contributed by atoms with van der Waals surface area (Å²) in [6.07, 6.45) is 1.74. The molecule has 7 heteroatoms. The number of carbonyl (C=O) groups excluding carboxylic acids is 1. The third-order valence-corrected chi connectivity index (χ3v) is 4.56. The fraction of sp³-hybridized carbons (Fsp3) is 0.417. The second-order valence-corrected chi connectivity index (χ2v) is 6.52. The van der Waals surface area contributed by atoms with Crippen molar-refractivity contribution in [3.8, 4) is 0 Å². The third-order valence-electron chi connectivity index (χ3n) is 2.46. The van der Waals surface area contributed by atoms with Gasteiger partial charge in [0.05, 0.1) is 9.92 Å². The van der Waals surface area contributed by atoms with Gasteiger partial charge in [-0.05, 0) is 24.6 Å². The molecule has 0 aliphatic rings. The van der Waals surface area contributed by atoms with Crippen LogP contribution in [0.5, 0.6) is 0 Å². The van der Waals surface area contributed by atoms with Crippen LogP contribution in [0.25, 0.3) is 0 Å². The number of amides is 1. The Kier molecular flexibility index (Phi) is 5.62. The number of nitrogen functional groups attached to an aromatic ring is 1. The van der Waals surface area contributed by atoms with Crippen LogP contribution in [-0.4, -0.2) is 26.6 Å². The molecule has 19 heavy (non-hydrogen) atoms. The smallest absolute Gasteiger partial charge is 0.235 e. The first kappa shape index (κ1) is 15.8. The molecule has 3 N–H and O–H groups in total. The van der Waals surface area contributed by atoms with Gasteiger partial charge in [-0.25, -0.2) is 8.42 Å². The lowest BCUT2D eigenvalue weighted by Gasteiger charge is -2.08. The van der Waals surface area contributed by atoms with Gasteiger partial charge in [-0.2, -0.15) is 0 Å². The number of nitrogens with two attached hydrogens (primary N) is 1. The van der Waals surface area contributed by atoms with Gasteiger partial charge in [0, 0.05) is 12.2 Å². The Bertz CT molecular complexity index is 558. The molecular formula is C12H17ClN2O3S. The van der Waals surface area contributed by atoms with Crippen molar-refractivity contribution in [3.63, 3.8) is 0 Å². The van der Waals surface area contributed by atoms with Crippen LogP contribution < -0.4 is 11.1 Å². The van der Waals surface area contributed by atoms with E-state index >= 15 is 0 Å². The lowest BCUT2D eigenvalue weighted by Crippen LogP contribution is -2.31. The number of hydrogen-bond donors (Lipinski definition) is 2. The highest BCUT2D eigenvalue weighted by Gasteiger charge is 2.22. The number of rotatable bonds is 6. The average molecular weight is 305 g/mol. The van der Waals surface area contributed by atoms with Crippen LogP contribution in [0.1, 0.15) is 19.8 Å². The highest BCUT2D eigenvalue weighted by Crippen LogP contribution is 2.24. The molecule has 1 rings (SSSR count). The molecule has 1 aromatic carbocycles. The zero-order valence-corrected chi connectivity index (χ0v) is 12.2. The lowest BCUT2D eigenvalue weighted by molar-refractivity contribution is -0.118. The second kappa shape index (κ2) is 6.77. The Labute approximate surface area is 118 Å². The first-order valence-corrected chi connectivity index (χ1v) is 7.94. The summed E-state index contributed by atoms with van der Waals surface area (Å²) >= 11 is 5.82. The fourth-order valence-electron chi connectivity index (χ4n) is 1.46. The summed E-state index contributed by atoms with van der Waals surface area (Å²) < 4.78 is 24.1. The first-order valence-electron chi connectivity index (χ1n) is 5.91. The molecule has 0 heterocycles. The van der Waals surface area contributed by atoms with E-state index in [-0.39, 0.29) is 15.6 Å². The van der Waals surface area contributed by atoms with E-state index in [4.69, 9.17) is 17.3 Å². The Balaban J connectivity index is 2.81. The van der Waals surface area contributed by atoms with Crippen LogP contribution in [0, 0.1) is 0 Å². The molecule has 0 bridgehead atoms. The number of halogens is 1. The van der Waals surface area contributed by atoms with Gasteiger partial charge >= 0.3 is 0 Å². The third kappa shape index (κ3) is 4.72. The van der Waals surface area contributed by atoms with Crippen LogP contribution >= 0.6 is 11.6 Å². The maximum Gasteiger partial charge on any atom is 0.235 e. The minimum atomic E-state index is -3.77. The normalized spacial score (nSPS) is 11.3. The van der Waals surface area contributed by atoms with Crippen LogP contribution in [0.2, 0.25) is 5.02 Å². The molecule has 106 valence electrons. The van der Waals surface area contributed by atoms with Gasteiger partial charge in [-0.1, -0.05) is 24.9 Å². The molecule has 0 atom stereocenters. The van der Waals surface area contributed by atoms with Crippen molar-refractivity contribution in [2.75, 3.05) is 18.0 Å². The molecular weight excluding hydrogens is 288 g/mol. The molecule has 1 amide bonds. The van der Waals surface area contributed by atoms with Crippen molar-refractivity contribution in [1.29, 1.82) is 0 Å². The highest BCUT2D eigenvalue weighted by atomic mass is 35.5. The van der Waals surface area contributed by atoms with Gasteiger partial charge in [0.2, 0.25) is 5.91 Å². The van der Waals surface area contributed by atoms with Crippen molar-refractivity contribution in [1.82, 2.24) is 5.32 Å². The zero-order valence-electron chi connectivity index (χ0n) is 10.6. The molecule has 0 spiro atoms. The Hall–Kier alpha value is -1.27. The number of hydrogen-bond acceptors (Lipinski definition) is 4. The van der Waals surface area contributed by atoms with Crippen molar-refractivity contribution < 1.29 is 13.2 Å². The van der Waals surface area contributed by atoms with Gasteiger partial charge < -0.3 is 11.1 Å². The maximum atomic E-state index is 12.0. The van der Waals surface area contributed by atoms with E-state index in [1.54, 1.807) is 0 Å². The number of unbranched alkanes of at least 4 members (excludes halogenated alkanes) is 1. The quantitative estimate of drug-likeness (QED) is 0.617. The van der Waals surface area contributed by atoms with E-state index in [0.29, 0.717) is 6.54 Å². The molecule has 0 saturated carbocycles. The predicted octanol–water partition coefficient (Wildman–Crippen LogP) is 1.61. The lowest BCUT2D eigenvalue weighted by atomic mass is 10.3. The van der Waals surface area contributed by atoms with Gasteiger partial charge in [0.15, 0.2) is 9.84 Å². The highest BCUT2D eigenvalue weighted by molar-refractivity contribution is 7.92. The van der Waals surface area contributed by atoms with Crippen LogP contribution in [0.3, 0.4) is 0 Å². The number of nitrogens with one attached hydrogen (secondary N) is 1. The summed E-state index contributed by atoms with van der Waals surface area (Å²) in [5, 5.41) is 2.62. The van der Waals surface area contributed by atoms with Crippen molar-refractivity contribution >= 4 is 33.0 Å². The molecule has 0 saturated heterocycles. The van der Waals surface area contributed by atoms with Gasteiger partial charge in [0.1, 0.15) is 5.75 Å². The number of anilines is 1. The summed E-state index contributed by atoms with van der Waals surface area (Å²) in [5.74, 6) is -1.16. The summed E-state index contributed by atoms with van der Waals surface area (Å²) in [5.41, 5.74) is 5.82. The number of carbonyl (C=O) groups is 1. The fourth-order valence-corrected chi connectivity index (χ4v) is 3.22. The largest absolute Gasteiger partial charge is 0.399 e. The molecule has 0 fully saturated rings. The van der Waals surface area contributed by atoms with Crippen LogP contribution in [0.15, 0.2) is 23.1 Å². The van der Waals surface area contributed by atoms with E-state index in [9.17, 15) is 13.2 Å².